The summed E-state index contributed by atoms with van der Waals surface area (Å²) < 4.78 is 0. The van der Waals surface area contributed by atoms with E-state index >= 15 is 0 Å². The van der Waals surface area contributed by atoms with Gasteiger partial charge in [-0.3, -0.25) is 0 Å². The van der Waals surface area contributed by atoms with E-state index in [-0.39, 0.29) is 0 Å². The first-order valence-electron chi connectivity index (χ1n) is 16.4. The van der Waals surface area contributed by atoms with Crippen LogP contribution in [0.1, 0.15) is 11.1 Å². The Kier molecular flexibility index (Phi) is 6.65. The van der Waals surface area contributed by atoms with Crippen LogP contribution in [-0.4, -0.2) is 0 Å². The minimum atomic E-state index is 0.852. The molecule has 9 aromatic carbocycles. The molecular weight excluding hydrogens is 565 g/mol. The first-order chi connectivity index (χ1) is 23.3. The number of hydrogen-bond acceptors (Lipinski definition) is 0. The van der Waals surface area contributed by atoms with Gasteiger partial charge in [0.1, 0.15) is 0 Å². The van der Waals surface area contributed by atoms with E-state index in [4.69, 9.17) is 0 Å². The summed E-state index contributed by atoms with van der Waals surface area (Å²) in [4.78, 5) is 0. The molecule has 220 valence electrons. The van der Waals surface area contributed by atoms with Crippen molar-refractivity contribution in [2.24, 2.45) is 0 Å². The Morgan fingerprint density at radius 2 is 0.809 bits per heavy atom. The lowest BCUT2D eigenvalue weighted by Crippen LogP contribution is -1.98. The lowest BCUT2D eigenvalue weighted by Gasteiger charge is -2.21. The Bertz CT molecular complexity index is 2520. The molecule has 0 unspecified atom stereocenters. The van der Waals surface area contributed by atoms with E-state index in [1.54, 1.807) is 0 Å². The van der Waals surface area contributed by atoms with Crippen molar-refractivity contribution in [2.75, 3.05) is 0 Å². The van der Waals surface area contributed by atoms with Gasteiger partial charge in [-0.15, -0.1) is 0 Å². The third-order valence-electron chi connectivity index (χ3n) is 9.77. The molecule has 9 rings (SSSR count). The molecule has 0 heterocycles. The average Bonchev–Trinajstić information content (AvgIpc) is 3.15. The molecular formula is C47H32. The third kappa shape index (κ3) is 4.61. The van der Waals surface area contributed by atoms with Crippen molar-refractivity contribution in [3.05, 3.63) is 193 Å². The molecule has 0 fully saturated rings. The predicted molar refractivity (Wildman–Crippen MR) is 202 cm³/mol. The molecule has 0 atom stereocenters. The fourth-order valence-corrected chi connectivity index (χ4v) is 7.67. The van der Waals surface area contributed by atoms with Gasteiger partial charge in [-0.05, 0) is 94.0 Å². The third-order valence-corrected chi connectivity index (χ3v) is 9.77. The van der Waals surface area contributed by atoms with Crippen LogP contribution in [0.15, 0.2) is 182 Å². The maximum Gasteiger partial charge on any atom is -0.000728 e. The molecule has 9 aromatic rings. The summed E-state index contributed by atoms with van der Waals surface area (Å²) in [6, 6.07) is 66.6. The summed E-state index contributed by atoms with van der Waals surface area (Å²) in [7, 11) is 0. The number of rotatable bonds is 5. The molecule has 0 aromatic heterocycles. The molecule has 0 amide bonds. The maximum atomic E-state index is 2.36. The van der Waals surface area contributed by atoms with E-state index in [9.17, 15) is 0 Å². The van der Waals surface area contributed by atoms with E-state index < -0.39 is 0 Å². The zero-order valence-electron chi connectivity index (χ0n) is 26.0. The van der Waals surface area contributed by atoms with Crippen molar-refractivity contribution < 1.29 is 0 Å². The number of fused-ring (bicyclic) bond motifs is 5. The molecule has 0 saturated carbocycles. The molecule has 0 nitrogen and oxygen atoms in total. The Morgan fingerprint density at radius 1 is 0.298 bits per heavy atom. The first-order valence-corrected chi connectivity index (χ1v) is 16.4. The van der Waals surface area contributed by atoms with Crippen LogP contribution in [0.3, 0.4) is 0 Å². The van der Waals surface area contributed by atoms with E-state index in [1.807, 2.05) is 0 Å². The highest BCUT2D eigenvalue weighted by Crippen LogP contribution is 2.46. The normalized spacial score (nSPS) is 11.5. The monoisotopic (exact) mass is 596 g/mol. The second-order valence-corrected chi connectivity index (χ2v) is 12.4. The van der Waals surface area contributed by atoms with E-state index in [1.165, 1.54) is 87.6 Å². The second-order valence-electron chi connectivity index (χ2n) is 12.4. The summed E-state index contributed by atoms with van der Waals surface area (Å²) in [5.74, 6) is 0. The van der Waals surface area contributed by atoms with Gasteiger partial charge in [0.2, 0.25) is 0 Å². The van der Waals surface area contributed by atoms with Crippen molar-refractivity contribution in [3.63, 3.8) is 0 Å². The fourth-order valence-electron chi connectivity index (χ4n) is 7.67. The van der Waals surface area contributed by atoms with Crippen LogP contribution in [0.4, 0.5) is 0 Å². The van der Waals surface area contributed by atoms with Crippen LogP contribution in [0, 0.1) is 0 Å². The highest BCUT2D eigenvalue weighted by atomic mass is 14.2. The van der Waals surface area contributed by atoms with Crippen LogP contribution >= 0.6 is 0 Å². The SMILES string of the molecule is c1ccc(-c2ccccc2Cc2c3ccccc3c(-c3ccc(-c4ccccc4)c4c3ccc3ccccc34)c3ccccc23)cc1. The molecule has 0 aliphatic rings. The van der Waals surface area contributed by atoms with Crippen LogP contribution in [-0.2, 0) is 6.42 Å². The molecule has 0 bridgehead atoms. The van der Waals surface area contributed by atoms with Gasteiger partial charge in [0.25, 0.3) is 0 Å². The molecule has 0 heteroatoms. The van der Waals surface area contributed by atoms with E-state index in [0.29, 0.717) is 0 Å². The summed E-state index contributed by atoms with van der Waals surface area (Å²) in [5, 5.41) is 10.3. The van der Waals surface area contributed by atoms with Gasteiger partial charge in [-0.1, -0.05) is 182 Å². The zero-order valence-corrected chi connectivity index (χ0v) is 26.0. The molecule has 0 aliphatic carbocycles. The van der Waals surface area contributed by atoms with Gasteiger partial charge in [0.15, 0.2) is 0 Å². The smallest absolute Gasteiger partial charge is 0.000728 e. The van der Waals surface area contributed by atoms with Crippen LogP contribution in [0.5, 0.6) is 0 Å². The summed E-state index contributed by atoms with van der Waals surface area (Å²) in [6.07, 6.45) is 0.852. The van der Waals surface area contributed by atoms with Gasteiger partial charge in [-0.2, -0.15) is 0 Å². The molecule has 0 N–H and O–H groups in total. The van der Waals surface area contributed by atoms with Gasteiger partial charge < -0.3 is 0 Å². The van der Waals surface area contributed by atoms with Crippen LogP contribution in [0.2, 0.25) is 0 Å². The standard InChI is InChI=1S/C47H32/c1-3-15-32(16-4-1)36-21-9-8-20-35(36)31-45-39-23-11-13-25-41(39)47(42-26-14-12-24-40(42)45)44-30-29-38(33-17-5-2-6-18-33)46-37-22-10-7-19-34(37)27-28-43(44)46/h1-30H,31H2. The second kappa shape index (κ2) is 11.4. The van der Waals surface area contributed by atoms with Crippen LogP contribution in [0.25, 0.3) is 76.5 Å². The summed E-state index contributed by atoms with van der Waals surface area (Å²) in [5.41, 5.74) is 10.3. The van der Waals surface area contributed by atoms with Gasteiger partial charge in [0, 0.05) is 0 Å². The van der Waals surface area contributed by atoms with Crippen molar-refractivity contribution in [1.29, 1.82) is 0 Å². The van der Waals surface area contributed by atoms with Crippen LogP contribution < -0.4 is 0 Å². The molecule has 0 spiro atoms. The molecule has 0 aliphatic heterocycles. The minimum absolute atomic E-state index is 0.852. The lowest BCUT2D eigenvalue weighted by atomic mass is 9.82. The van der Waals surface area contributed by atoms with Crippen molar-refractivity contribution in [1.82, 2.24) is 0 Å². The molecule has 47 heavy (non-hydrogen) atoms. The topological polar surface area (TPSA) is 0 Å². The van der Waals surface area contributed by atoms with E-state index in [0.717, 1.165) is 6.42 Å². The lowest BCUT2D eigenvalue weighted by molar-refractivity contribution is 1.23. The van der Waals surface area contributed by atoms with Crippen molar-refractivity contribution in [3.8, 4) is 33.4 Å². The van der Waals surface area contributed by atoms with Crippen molar-refractivity contribution in [2.45, 2.75) is 6.42 Å². The largest absolute Gasteiger partial charge is 0.0622 e. The average molecular weight is 597 g/mol. The maximum absolute atomic E-state index is 2.36. The fraction of sp³-hybridized carbons (Fsp3) is 0.0213. The van der Waals surface area contributed by atoms with Gasteiger partial charge in [-0.25, -0.2) is 0 Å². The Balaban J connectivity index is 1.34. The molecule has 0 radical (unpaired) electrons. The quantitative estimate of drug-likeness (QED) is 0.137. The van der Waals surface area contributed by atoms with E-state index in [2.05, 4.69) is 182 Å². The summed E-state index contributed by atoms with van der Waals surface area (Å²) in [6.45, 7) is 0. The number of hydrogen-bond donors (Lipinski definition) is 0. The highest BCUT2D eigenvalue weighted by molar-refractivity contribution is 6.23. The summed E-state index contributed by atoms with van der Waals surface area (Å²) >= 11 is 0. The Hall–Kier alpha value is -5.98. The highest BCUT2D eigenvalue weighted by Gasteiger charge is 2.20. The number of benzene rings is 9. The zero-order chi connectivity index (χ0) is 31.2. The predicted octanol–water partition coefficient (Wildman–Crippen LogP) is 12.9. The van der Waals surface area contributed by atoms with Gasteiger partial charge in [0.05, 0.1) is 0 Å². The first kappa shape index (κ1) is 27.3. The molecule has 0 saturated heterocycles. The van der Waals surface area contributed by atoms with Gasteiger partial charge >= 0.3 is 0 Å². The minimum Gasteiger partial charge on any atom is -0.0622 e. The Labute approximate surface area is 275 Å². The Morgan fingerprint density at radius 3 is 1.49 bits per heavy atom. The van der Waals surface area contributed by atoms with Crippen molar-refractivity contribution >= 4 is 43.1 Å².